The first-order valence-electron chi connectivity index (χ1n) is 5.59. The van der Waals surface area contributed by atoms with Gasteiger partial charge in [0.2, 0.25) is 0 Å². The molecule has 0 radical (unpaired) electrons. The van der Waals surface area contributed by atoms with Crippen LogP contribution < -0.4 is 4.74 Å². The van der Waals surface area contributed by atoms with Gasteiger partial charge >= 0.3 is 0 Å². The summed E-state index contributed by atoms with van der Waals surface area (Å²) in [5, 5.41) is 1.09. The van der Waals surface area contributed by atoms with Crippen molar-refractivity contribution in [2.75, 3.05) is 13.2 Å². The van der Waals surface area contributed by atoms with Gasteiger partial charge in [-0.1, -0.05) is 0 Å². The number of pyridine rings is 1. The van der Waals surface area contributed by atoms with E-state index in [1.165, 1.54) is 0 Å². The molecule has 2 aromatic heterocycles. The van der Waals surface area contributed by atoms with Crippen LogP contribution in [0.15, 0.2) is 24.5 Å². The summed E-state index contributed by atoms with van der Waals surface area (Å²) >= 11 is 0. The lowest BCUT2D eigenvalue weighted by atomic mass is 10.1. The summed E-state index contributed by atoms with van der Waals surface area (Å²) in [6, 6.07) is 4.02. The molecule has 4 nitrogen and oxygen atoms in total. The summed E-state index contributed by atoms with van der Waals surface area (Å²) in [5.41, 5.74) is 0.902. The Kier molecular flexibility index (Phi) is 2.50. The maximum absolute atomic E-state index is 5.88. The Labute approximate surface area is 93.6 Å². The number of nitrogens with one attached hydrogen (secondary N) is 1. The van der Waals surface area contributed by atoms with Gasteiger partial charge in [-0.2, -0.15) is 0 Å². The van der Waals surface area contributed by atoms with Gasteiger partial charge in [-0.15, -0.1) is 0 Å². The lowest BCUT2D eigenvalue weighted by Gasteiger charge is -2.23. The maximum Gasteiger partial charge on any atom is 0.138 e. The lowest BCUT2D eigenvalue weighted by Crippen LogP contribution is -2.25. The molecular weight excluding hydrogens is 204 g/mol. The Bertz CT molecular complexity index is 475. The van der Waals surface area contributed by atoms with Gasteiger partial charge in [-0.3, -0.25) is 0 Å². The summed E-state index contributed by atoms with van der Waals surface area (Å²) in [5.74, 6) is 0.846. The largest absolute Gasteiger partial charge is 0.489 e. The average Bonchev–Trinajstić information content (AvgIpc) is 2.77. The monoisotopic (exact) mass is 218 g/mol. The van der Waals surface area contributed by atoms with Crippen molar-refractivity contribution < 1.29 is 9.47 Å². The van der Waals surface area contributed by atoms with E-state index >= 15 is 0 Å². The zero-order valence-corrected chi connectivity index (χ0v) is 8.98. The fourth-order valence-electron chi connectivity index (χ4n) is 1.97. The van der Waals surface area contributed by atoms with E-state index in [1.54, 1.807) is 6.20 Å². The molecule has 16 heavy (non-hydrogen) atoms. The van der Waals surface area contributed by atoms with Gasteiger partial charge in [0.15, 0.2) is 0 Å². The van der Waals surface area contributed by atoms with Crippen molar-refractivity contribution in [1.29, 1.82) is 0 Å². The van der Waals surface area contributed by atoms with E-state index in [2.05, 4.69) is 9.97 Å². The summed E-state index contributed by atoms with van der Waals surface area (Å²) < 4.78 is 11.2. The maximum atomic E-state index is 5.88. The van der Waals surface area contributed by atoms with Crippen molar-refractivity contribution in [3.05, 3.63) is 24.5 Å². The molecule has 0 bridgehead atoms. The molecule has 1 aliphatic rings. The van der Waals surface area contributed by atoms with Crippen LogP contribution in [-0.2, 0) is 4.74 Å². The van der Waals surface area contributed by atoms with Crippen LogP contribution in [0.4, 0.5) is 0 Å². The highest BCUT2D eigenvalue weighted by atomic mass is 16.5. The van der Waals surface area contributed by atoms with Crippen LogP contribution in [0.2, 0.25) is 0 Å². The van der Waals surface area contributed by atoms with Crippen LogP contribution in [0.3, 0.4) is 0 Å². The summed E-state index contributed by atoms with van der Waals surface area (Å²) in [4.78, 5) is 7.36. The highest BCUT2D eigenvalue weighted by molar-refractivity contribution is 5.76. The number of ether oxygens (including phenoxy) is 2. The molecule has 1 aliphatic heterocycles. The summed E-state index contributed by atoms with van der Waals surface area (Å²) in [6.07, 6.45) is 5.85. The minimum atomic E-state index is 0.270. The predicted octanol–water partition coefficient (Wildman–Crippen LogP) is 2.12. The molecule has 0 spiro atoms. The standard InChI is InChI=1S/C12H14N2O2/c1-4-13-12-9(1)7-11(8-14-12)16-10-2-5-15-6-3-10/h1,4,7-8,10H,2-3,5-6H2,(H,13,14). The van der Waals surface area contributed by atoms with Crippen LogP contribution in [0.5, 0.6) is 5.75 Å². The number of H-pyrrole nitrogens is 1. The highest BCUT2D eigenvalue weighted by Crippen LogP contribution is 2.20. The summed E-state index contributed by atoms with van der Waals surface area (Å²) in [7, 11) is 0. The Morgan fingerprint density at radius 2 is 2.25 bits per heavy atom. The van der Waals surface area contributed by atoms with Gasteiger partial charge in [0.05, 0.1) is 19.4 Å². The van der Waals surface area contributed by atoms with Crippen molar-refractivity contribution >= 4 is 11.0 Å². The molecule has 0 aromatic carbocycles. The van der Waals surface area contributed by atoms with Gasteiger partial charge in [-0.25, -0.2) is 4.98 Å². The Morgan fingerprint density at radius 3 is 3.12 bits per heavy atom. The lowest BCUT2D eigenvalue weighted by molar-refractivity contribution is 0.0255. The predicted molar refractivity (Wildman–Crippen MR) is 60.6 cm³/mol. The van der Waals surface area contributed by atoms with Crippen LogP contribution in [0, 0.1) is 0 Å². The quantitative estimate of drug-likeness (QED) is 0.839. The van der Waals surface area contributed by atoms with Crippen molar-refractivity contribution in [3.63, 3.8) is 0 Å². The van der Waals surface area contributed by atoms with E-state index in [4.69, 9.17) is 9.47 Å². The van der Waals surface area contributed by atoms with Gasteiger partial charge < -0.3 is 14.5 Å². The molecule has 4 heteroatoms. The van der Waals surface area contributed by atoms with Crippen molar-refractivity contribution in [2.45, 2.75) is 18.9 Å². The van der Waals surface area contributed by atoms with E-state index in [9.17, 15) is 0 Å². The molecule has 1 N–H and O–H groups in total. The number of nitrogens with zero attached hydrogens (tertiary/aromatic N) is 1. The molecule has 2 aromatic rings. The third-order valence-electron chi connectivity index (χ3n) is 2.85. The van der Waals surface area contributed by atoms with Crippen LogP contribution >= 0.6 is 0 Å². The molecular formula is C12H14N2O2. The molecule has 3 heterocycles. The van der Waals surface area contributed by atoms with E-state index in [0.29, 0.717) is 0 Å². The minimum Gasteiger partial charge on any atom is -0.489 e. The SMILES string of the molecule is c1cc2cc(OC3CCOCC3)cnc2[nH]1. The molecule has 1 saturated heterocycles. The zero-order chi connectivity index (χ0) is 10.8. The first kappa shape index (κ1) is 9.66. The average molecular weight is 218 g/mol. The third kappa shape index (κ3) is 1.88. The smallest absolute Gasteiger partial charge is 0.138 e. The van der Waals surface area contributed by atoms with E-state index in [1.807, 2.05) is 18.3 Å². The molecule has 0 amide bonds. The number of hydrogen-bond donors (Lipinski definition) is 1. The molecule has 1 fully saturated rings. The number of hydrogen-bond acceptors (Lipinski definition) is 3. The van der Waals surface area contributed by atoms with Gasteiger partial charge in [0.25, 0.3) is 0 Å². The Hall–Kier alpha value is -1.55. The number of fused-ring (bicyclic) bond motifs is 1. The van der Waals surface area contributed by atoms with Crippen molar-refractivity contribution in [3.8, 4) is 5.75 Å². The summed E-state index contributed by atoms with van der Waals surface area (Å²) in [6.45, 7) is 1.59. The Balaban J connectivity index is 1.77. The third-order valence-corrected chi connectivity index (χ3v) is 2.85. The van der Waals surface area contributed by atoms with E-state index in [0.717, 1.165) is 42.8 Å². The van der Waals surface area contributed by atoms with Gasteiger partial charge in [0, 0.05) is 24.4 Å². The van der Waals surface area contributed by atoms with Gasteiger partial charge in [0.1, 0.15) is 17.5 Å². The van der Waals surface area contributed by atoms with E-state index < -0.39 is 0 Å². The molecule has 0 atom stereocenters. The van der Waals surface area contributed by atoms with Gasteiger partial charge in [-0.05, 0) is 12.1 Å². The zero-order valence-electron chi connectivity index (χ0n) is 8.98. The topological polar surface area (TPSA) is 47.1 Å². The molecule has 0 aliphatic carbocycles. The van der Waals surface area contributed by atoms with Crippen molar-refractivity contribution in [2.24, 2.45) is 0 Å². The second-order valence-electron chi connectivity index (χ2n) is 4.02. The van der Waals surface area contributed by atoms with Crippen LogP contribution in [0.1, 0.15) is 12.8 Å². The second-order valence-corrected chi connectivity index (χ2v) is 4.02. The first-order chi connectivity index (χ1) is 7.92. The Morgan fingerprint density at radius 1 is 1.38 bits per heavy atom. The highest BCUT2D eigenvalue weighted by Gasteiger charge is 2.15. The fraction of sp³-hybridized carbons (Fsp3) is 0.417. The van der Waals surface area contributed by atoms with Crippen LogP contribution in [-0.4, -0.2) is 29.3 Å². The molecule has 3 rings (SSSR count). The minimum absolute atomic E-state index is 0.270. The number of aromatic nitrogens is 2. The number of aromatic amines is 1. The number of rotatable bonds is 2. The normalized spacial score (nSPS) is 17.8. The van der Waals surface area contributed by atoms with Crippen molar-refractivity contribution in [1.82, 2.24) is 9.97 Å². The molecule has 0 saturated carbocycles. The van der Waals surface area contributed by atoms with Crippen LogP contribution in [0.25, 0.3) is 11.0 Å². The second kappa shape index (κ2) is 4.14. The fourth-order valence-corrected chi connectivity index (χ4v) is 1.97. The molecule has 0 unspecified atom stereocenters. The molecule has 84 valence electrons. The van der Waals surface area contributed by atoms with E-state index in [-0.39, 0.29) is 6.10 Å². The first-order valence-corrected chi connectivity index (χ1v) is 5.59.